The van der Waals surface area contributed by atoms with Crippen LogP contribution in [0.5, 0.6) is 0 Å². The molecule has 1 nitrogen and oxygen atoms in total. The maximum absolute atomic E-state index is 2.38. The van der Waals surface area contributed by atoms with Crippen LogP contribution in [0, 0.1) is 0 Å². The zero-order valence-electron chi connectivity index (χ0n) is 31.9. The summed E-state index contributed by atoms with van der Waals surface area (Å²) in [6.45, 7) is 4.70. The highest BCUT2D eigenvalue weighted by molar-refractivity contribution is 7.27. The lowest BCUT2D eigenvalue weighted by Crippen LogP contribution is -2.14. The summed E-state index contributed by atoms with van der Waals surface area (Å²) in [4.78, 5) is 2.38. The number of rotatable bonds is 6. The predicted octanol–water partition coefficient (Wildman–Crippen LogP) is 16.0. The molecule has 0 bridgehead atoms. The average molecular weight is 746 g/mol. The van der Waals surface area contributed by atoms with Crippen LogP contribution in [-0.2, 0) is 5.41 Å². The van der Waals surface area contributed by atoms with Crippen molar-refractivity contribution in [1.82, 2.24) is 0 Å². The molecule has 0 atom stereocenters. The summed E-state index contributed by atoms with van der Waals surface area (Å²) in [7, 11) is 0. The smallest absolute Gasteiger partial charge is 0.0462 e. The Bertz CT molecular complexity index is 3120. The lowest BCUT2D eigenvalue weighted by molar-refractivity contribution is 0.660. The first-order chi connectivity index (χ1) is 28.0. The summed E-state index contributed by atoms with van der Waals surface area (Å²) in [5, 5.41) is 5.25. The minimum Gasteiger partial charge on any atom is -0.311 e. The first-order valence-corrected chi connectivity index (χ1v) is 20.6. The number of benzene rings is 9. The molecular weight excluding hydrogens is 707 g/mol. The number of hydrogen-bond acceptors (Lipinski definition) is 2. The Labute approximate surface area is 337 Å². The average Bonchev–Trinajstić information content (AvgIpc) is 3.77. The van der Waals surface area contributed by atoms with E-state index < -0.39 is 0 Å². The van der Waals surface area contributed by atoms with Gasteiger partial charge in [-0.15, -0.1) is 11.3 Å². The third-order valence-electron chi connectivity index (χ3n) is 12.1. The van der Waals surface area contributed by atoms with Gasteiger partial charge in [0.1, 0.15) is 0 Å². The maximum atomic E-state index is 2.38. The second-order valence-corrected chi connectivity index (χ2v) is 16.7. The van der Waals surface area contributed by atoms with E-state index in [1.807, 2.05) is 11.3 Å². The Kier molecular flexibility index (Phi) is 7.77. The first kappa shape index (κ1) is 33.6. The van der Waals surface area contributed by atoms with Crippen LogP contribution in [0.1, 0.15) is 25.0 Å². The van der Waals surface area contributed by atoms with E-state index in [4.69, 9.17) is 0 Å². The molecule has 1 heterocycles. The van der Waals surface area contributed by atoms with E-state index in [0.717, 1.165) is 17.1 Å². The zero-order valence-corrected chi connectivity index (χ0v) is 32.7. The van der Waals surface area contributed by atoms with E-state index in [1.165, 1.54) is 86.6 Å². The van der Waals surface area contributed by atoms with Crippen LogP contribution in [0.3, 0.4) is 0 Å². The summed E-state index contributed by atoms with van der Waals surface area (Å²) < 4.78 is 2.69. The van der Waals surface area contributed by atoms with E-state index in [9.17, 15) is 0 Å². The maximum Gasteiger partial charge on any atom is 0.0462 e. The van der Waals surface area contributed by atoms with Crippen LogP contribution in [0.4, 0.5) is 17.1 Å². The number of thiophene rings is 1. The Morgan fingerprint density at radius 3 is 1.60 bits per heavy atom. The molecule has 0 saturated heterocycles. The van der Waals surface area contributed by atoms with E-state index in [1.54, 1.807) is 0 Å². The number of hydrogen-bond donors (Lipinski definition) is 0. The van der Waals surface area contributed by atoms with Gasteiger partial charge in [-0.1, -0.05) is 178 Å². The van der Waals surface area contributed by atoms with Gasteiger partial charge in [0.15, 0.2) is 0 Å². The molecule has 10 aromatic rings. The predicted molar refractivity (Wildman–Crippen MR) is 245 cm³/mol. The summed E-state index contributed by atoms with van der Waals surface area (Å²) in [6.07, 6.45) is 0. The summed E-state index contributed by atoms with van der Waals surface area (Å²) >= 11 is 1.91. The molecule has 2 heteroatoms. The standard InChI is InChI=1S/C55H39NS/c1-55(2)50-20-9-8-16-49(50)52-44(17-11-21-51(52)55)39-24-31-42(32-25-39)56(41-29-22-37(23-30-41)36-12-4-3-5-13-36)43-33-26-40(27-34-43)46-18-10-19-47-48-35-28-38-14-6-7-15-45(38)54(48)57-53(46)47/h3-35H,1-2H3. The van der Waals surface area contributed by atoms with Crippen LogP contribution >= 0.6 is 11.3 Å². The van der Waals surface area contributed by atoms with E-state index in [2.05, 4.69) is 219 Å². The molecule has 1 aliphatic carbocycles. The van der Waals surface area contributed by atoms with Crippen LogP contribution in [0.15, 0.2) is 200 Å². The fourth-order valence-corrected chi connectivity index (χ4v) is 10.6. The van der Waals surface area contributed by atoms with E-state index in [-0.39, 0.29) is 5.41 Å². The molecule has 1 aromatic heterocycles. The van der Waals surface area contributed by atoms with Gasteiger partial charge in [-0.2, -0.15) is 0 Å². The quantitative estimate of drug-likeness (QED) is 0.164. The lowest BCUT2D eigenvalue weighted by Gasteiger charge is -2.26. The minimum atomic E-state index is -0.0341. The Balaban J connectivity index is 1.00. The Morgan fingerprint density at radius 1 is 0.351 bits per heavy atom. The minimum absolute atomic E-state index is 0.0341. The zero-order chi connectivity index (χ0) is 38.1. The third kappa shape index (κ3) is 5.44. The molecule has 11 rings (SSSR count). The van der Waals surface area contributed by atoms with Crippen molar-refractivity contribution >= 4 is 59.3 Å². The highest BCUT2D eigenvalue weighted by Gasteiger charge is 2.36. The molecule has 0 spiro atoms. The molecule has 57 heavy (non-hydrogen) atoms. The van der Waals surface area contributed by atoms with E-state index in [0.29, 0.717) is 0 Å². The van der Waals surface area contributed by atoms with Gasteiger partial charge in [-0.3, -0.25) is 0 Å². The van der Waals surface area contributed by atoms with Gasteiger partial charge < -0.3 is 4.90 Å². The normalized spacial score (nSPS) is 12.9. The molecule has 0 N–H and O–H groups in total. The van der Waals surface area contributed by atoms with Gasteiger partial charge in [0.05, 0.1) is 0 Å². The van der Waals surface area contributed by atoms with Gasteiger partial charge in [0, 0.05) is 42.6 Å². The van der Waals surface area contributed by atoms with Crippen molar-refractivity contribution < 1.29 is 0 Å². The number of nitrogens with zero attached hydrogens (tertiary/aromatic N) is 1. The molecule has 0 saturated carbocycles. The fraction of sp³-hybridized carbons (Fsp3) is 0.0545. The molecule has 9 aromatic carbocycles. The van der Waals surface area contributed by atoms with Crippen molar-refractivity contribution in [1.29, 1.82) is 0 Å². The lowest BCUT2D eigenvalue weighted by atomic mass is 9.82. The second kappa shape index (κ2) is 13.2. The van der Waals surface area contributed by atoms with Gasteiger partial charge in [-0.05, 0) is 103 Å². The summed E-state index contributed by atoms with van der Waals surface area (Å²) in [5.41, 5.74) is 16.2. The molecule has 0 radical (unpaired) electrons. The SMILES string of the molecule is CC1(C)c2ccccc2-c2c(-c3ccc(N(c4ccc(-c5ccccc5)cc4)c4ccc(-c5cccc6c5sc5c7ccccc7ccc65)cc4)cc3)cccc21. The summed E-state index contributed by atoms with van der Waals surface area (Å²) in [6, 6.07) is 73.6. The van der Waals surface area contributed by atoms with Crippen LogP contribution in [-0.4, -0.2) is 0 Å². The number of anilines is 3. The highest BCUT2D eigenvalue weighted by atomic mass is 32.1. The van der Waals surface area contributed by atoms with Crippen molar-refractivity contribution in [2.24, 2.45) is 0 Å². The van der Waals surface area contributed by atoms with Gasteiger partial charge in [0.2, 0.25) is 0 Å². The topological polar surface area (TPSA) is 3.24 Å². The highest BCUT2D eigenvalue weighted by Crippen LogP contribution is 2.52. The van der Waals surface area contributed by atoms with Crippen molar-refractivity contribution in [3.8, 4) is 44.5 Å². The fourth-order valence-electron chi connectivity index (χ4n) is 9.21. The molecule has 0 amide bonds. The summed E-state index contributed by atoms with van der Waals surface area (Å²) in [5.74, 6) is 0. The molecular formula is C55H39NS. The largest absolute Gasteiger partial charge is 0.311 e. The van der Waals surface area contributed by atoms with Crippen LogP contribution in [0.2, 0.25) is 0 Å². The van der Waals surface area contributed by atoms with Crippen LogP contribution < -0.4 is 4.90 Å². The van der Waals surface area contributed by atoms with Crippen molar-refractivity contribution in [2.75, 3.05) is 4.90 Å². The van der Waals surface area contributed by atoms with Gasteiger partial charge in [0.25, 0.3) is 0 Å². The van der Waals surface area contributed by atoms with Gasteiger partial charge >= 0.3 is 0 Å². The first-order valence-electron chi connectivity index (χ1n) is 19.8. The molecule has 270 valence electrons. The number of fused-ring (bicyclic) bond motifs is 8. The van der Waals surface area contributed by atoms with E-state index >= 15 is 0 Å². The van der Waals surface area contributed by atoms with Crippen molar-refractivity contribution in [3.63, 3.8) is 0 Å². The Morgan fingerprint density at radius 2 is 0.860 bits per heavy atom. The molecule has 1 aliphatic rings. The van der Waals surface area contributed by atoms with Crippen LogP contribution in [0.25, 0.3) is 75.5 Å². The molecule has 0 unspecified atom stereocenters. The molecule has 0 fully saturated rings. The Hall–Kier alpha value is -6.74. The monoisotopic (exact) mass is 745 g/mol. The third-order valence-corrected chi connectivity index (χ3v) is 13.4. The second-order valence-electron chi connectivity index (χ2n) is 15.7. The van der Waals surface area contributed by atoms with Crippen molar-refractivity contribution in [2.45, 2.75) is 19.3 Å². The molecule has 0 aliphatic heterocycles. The van der Waals surface area contributed by atoms with Crippen molar-refractivity contribution in [3.05, 3.63) is 211 Å². The van der Waals surface area contributed by atoms with Gasteiger partial charge in [-0.25, -0.2) is 0 Å².